The molecule has 0 heterocycles. The minimum absolute atomic E-state index is 0. The molecule has 2 atom stereocenters. The van der Waals surface area contributed by atoms with Gasteiger partial charge in [-0.1, -0.05) is 22.2 Å². The maximum atomic E-state index is 9.00. The third-order valence-electron chi connectivity index (χ3n) is 0. The summed E-state index contributed by atoms with van der Waals surface area (Å²) in [4.78, 5) is 0. The van der Waals surface area contributed by atoms with Gasteiger partial charge in [0.05, 0.1) is 0 Å². The Kier molecular flexibility index (Phi) is 23.6. The molecule has 7 heteroatoms. The van der Waals surface area contributed by atoms with Crippen LogP contribution >= 0.6 is 0 Å². The first-order chi connectivity index (χ1) is 3.46. The molecule has 2 unspecified atom stereocenters. The van der Waals surface area contributed by atoms with Crippen LogP contribution in [0.5, 0.6) is 0 Å². The van der Waals surface area contributed by atoms with Crippen molar-refractivity contribution in [3.63, 3.8) is 0 Å². The summed E-state index contributed by atoms with van der Waals surface area (Å²) in [6.07, 6.45) is 2.17. The zero-order valence-corrected chi connectivity index (χ0v) is 11.2. The second-order valence-electron chi connectivity index (χ2n) is 0.803. The molecule has 0 aliphatic rings. The van der Waals surface area contributed by atoms with E-state index in [4.69, 9.17) is 17.5 Å². The third kappa shape index (κ3) is 185. The van der Waals surface area contributed by atoms with Crippen LogP contribution in [0, 0.1) is 0 Å². The summed E-state index contributed by atoms with van der Waals surface area (Å²) in [5.41, 5.74) is 0. The minimum Gasteiger partial charge on any atom is -0.773 e. The predicted octanol–water partition coefficient (Wildman–Crippen LogP) is -1.39. The fourth-order valence-electron chi connectivity index (χ4n) is 0. The van der Waals surface area contributed by atoms with E-state index in [9.17, 15) is 0 Å². The van der Waals surface area contributed by atoms with E-state index in [1.165, 1.54) is 0 Å². The number of hydrogen-bond acceptors (Lipinski definition) is 4. The van der Waals surface area contributed by atoms with Gasteiger partial charge in [-0.25, -0.2) is 0 Å². The molecule has 0 radical (unpaired) electrons. The smallest absolute Gasteiger partial charge is 0.773 e. The molecule has 0 saturated carbocycles. The maximum Gasteiger partial charge on any atom is 2.00 e. The van der Waals surface area contributed by atoms with E-state index in [1.807, 2.05) is 0 Å². The standard InChI is InChI=1S/2CH4O2S.Ba/c2*1-4(2)3;/h2*1H3,(H,2,3);/q;;+2/p-2. The van der Waals surface area contributed by atoms with Gasteiger partial charge in [0.25, 0.3) is 0 Å². The van der Waals surface area contributed by atoms with E-state index >= 15 is 0 Å². The Morgan fingerprint density at radius 2 is 1.00 bits per heavy atom. The summed E-state index contributed by atoms with van der Waals surface area (Å²) in [6, 6.07) is 0. The Balaban J connectivity index is -0.0000000720. The van der Waals surface area contributed by atoms with Crippen molar-refractivity contribution in [3.8, 4) is 0 Å². The van der Waals surface area contributed by atoms with Gasteiger partial charge in [-0.15, -0.1) is 0 Å². The largest absolute Gasteiger partial charge is 2.00 e. The van der Waals surface area contributed by atoms with Crippen molar-refractivity contribution < 1.29 is 17.5 Å². The summed E-state index contributed by atoms with van der Waals surface area (Å²) in [6.45, 7) is 0. The average molecular weight is 296 g/mol. The van der Waals surface area contributed by atoms with Crippen LogP contribution in [0.4, 0.5) is 0 Å². The van der Waals surface area contributed by atoms with E-state index in [-0.39, 0.29) is 48.9 Å². The van der Waals surface area contributed by atoms with Crippen LogP contribution in [-0.4, -0.2) is 78.9 Å². The van der Waals surface area contributed by atoms with Crippen molar-refractivity contribution in [2.75, 3.05) is 12.5 Å². The van der Waals surface area contributed by atoms with Crippen molar-refractivity contribution in [2.24, 2.45) is 0 Å². The van der Waals surface area contributed by atoms with E-state index in [0.717, 1.165) is 12.5 Å². The second kappa shape index (κ2) is 12.5. The van der Waals surface area contributed by atoms with Crippen molar-refractivity contribution in [1.82, 2.24) is 0 Å². The van der Waals surface area contributed by atoms with E-state index in [0.29, 0.717) is 0 Å². The van der Waals surface area contributed by atoms with Gasteiger partial charge < -0.3 is 9.11 Å². The Morgan fingerprint density at radius 3 is 1.00 bits per heavy atom. The molecule has 0 spiro atoms. The summed E-state index contributed by atoms with van der Waals surface area (Å²) in [5, 5.41) is 0. The first-order valence-corrected chi connectivity index (χ1v) is 4.45. The molecule has 0 saturated heterocycles. The van der Waals surface area contributed by atoms with Crippen LogP contribution in [0.3, 0.4) is 0 Å². The number of hydrogen-bond donors (Lipinski definition) is 0. The van der Waals surface area contributed by atoms with Crippen molar-refractivity contribution in [2.45, 2.75) is 0 Å². The molecule has 0 amide bonds. The topological polar surface area (TPSA) is 80.3 Å². The van der Waals surface area contributed by atoms with Crippen molar-refractivity contribution >= 4 is 71.0 Å². The van der Waals surface area contributed by atoms with Crippen molar-refractivity contribution in [3.05, 3.63) is 0 Å². The summed E-state index contributed by atoms with van der Waals surface area (Å²) in [5.74, 6) is 0. The SMILES string of the molecule is CS(=O)[O-].CS(=O)[O-].[Ba+2]. The molecule has 9 heavy (non-hydrogen) atoms. The third-order valence-corrected chi connectivity index (χ3v) is 0. The molecule has 0 aromatic heterocycles. The van der Waals surface area contributed by atoms with Gasteiger partial charge in [-0.3, -0.25) is 8.42 Å². The molecule has 0 N–H and O–H groups in total. The van der Waals surface area contributed by atoms with Crippen LogP contribution in [0.15, 0.2) is 0 Å². The van der Waals surface area contributed by atoms with Gasteiger partial charge in [0.1, 0.15) is 0 Å². The summed E-state index contributed by atoms with van der Waals surface area (Å²) >= 11 is -3.72. The number of rotatable bonds is 0. The van der Waals surface area contributed by atoms with Crippen LogP contribution in [0.1, 0.15) is 0 Å². The quantitative estimate of drug-likeness (QED) is 0.407. The van der Waals surface area contributed by atoms with Gasteiger partial charge >= 0.3 is 48.9 Å². The molecule has 4 nitrogen and oxygen atoms in total. The fourth-order valence-corrected chi connectivity index (χ4v) is 0. The molecular formula is C2H6BaO4S2. The van der Waals surface area contributed by atoms with Gasteiger partial charge in [-0.2, -0.15) is 0 Å². The first-order valence-electron chi connectivity index (χ1n) is 1.48. The van der Waals surface area contributed by atoms with Crippen LogP contribution in [0.25, 0.3) is 0 Å². The van der Waals surface area contributed by atoms with Crippen LogP contribution in [-0.2, 0) is 22.2 Å². The molecule has 0 fully saturated rings. The van der Waals surface area contributed by atoms with E-state index in [2.05, 4.69) is 0 Å². The molecule has 0 bridgehead atoms. The Bertz CT molecular complexity index is 74.6. The van der Waals surface area contributed by atoms with E-state index in [1.54, 1.807) is 0 Å². The average Bonchev–Trinajstić information content (AvgIpc) is 1.25. The van der Waals surface area contributed by atoms with Gasteiger partial charge in [0, 0.05) is 0 Å². The molecule has 52 valence electrons. The van der Waals surface area contributed by atoms with Gasteiger partial charge in [-0.05, 0) is 12.5 Å². The zero-order chi connectivity index (χ0) is 7.15. The summed E-state index contributed by atoms with van der Waals surface area (Å²) < 4.78 is 36.0. The predicted molar refractivity (Wildman–Crippen MR) is 35.4 cm³/mol. The molecule has 0 aliphatic heterocycles. The maximum absolute atomic E-state index is 9.00. The van der Waals surface area contributed by atoms with Gasteiger partial charge in [0.2, 0.25) is 0 Å². The summed E-state index contributed by atoms with van der Waals surface area (Å²) in [7, 11) is 0. The molecule has 0 rings (SSSR count). The fraction of sp³-hybridized carbons (Fsp3) is 1.00. The van der Waals surface area contributed by atoms with Crippen LogP contribution in [0.2, 0.25) is 0 Å². The Hall–Kier alpha value is 1.79. The Morgan fingerprint density at radius 1 is 1.00 bits per heavy atom. The monoisotopic (exact) mass is 296 g/mol. The normalized spacial score (nSPS) is 13.8. The molecular weight excluding hydrogens is 289 g/mol. The van der Waals surface area contributed by atoms with Crippen molar-refractivity contribution in [1.29, 1.82) is 0 Å². The van der Waals surface area contributed by atoms with E-state index < -0.39 is 22.2 Å². The first kappa shape index (κ1) is 17.0. The molecule has 0 aliphatic carbocycles. The van der Waals surface area contributed by atoms with Crippen LogP contribution < -0.4 is 0 Å². The Labute approximate surface area is 99.4 Å². The molecule has 0 aromatic rings. The minimum atomic E-state index is -1.86. The second-order valence-corrected chi connectivity index (χ2v) is 2.41. The molecule has 0 aromatic carbocycles. The zero-order valence-electron chi connectivity index (χ0n) is 5.16. The van der Waals surface area contributed by atoms with Gasteiger partial charge in [0.15, 0.2) is 0 Å².